The Morgan fingerprint density at radius 2 is 2.07 bits per heavy atom. The standard InChI is InChI=1S/C9H8O4S2/c10-8-3-4-14-9-2-1-6(5-7(8)9)15(11,12)13/h1-2,5H,3-4H2,(H,11,12,13). The summed E-state index contributed by atoms with van der Waals surface area (Å²) >= 11 is 1.51. The van der Waals surface area contributed by atoms with Gasteiger partial charge in [0.15, 0.2) is 5.78 Å². The quantitative estimate of drug-likeness (QED) is 0.760. The third-order valence-corrected chi connectivity index (χ3v) is 4.06. The fourth-order valence-corrected chi connectivity index (χ4v) is 2.91. The van der Waals surface area contributed by atoms with Crippen molar-refractivity contribution >= 4 is 27.7 Å². The van der Waals surface area contributed by atoms with Gasteiger partial charge in [-0.05, 0) is 18.2 Å². The van der Waals surface area contributed by atoms with E-state index in [4.69, 9.17) is 4.55 Å². The molecule has 0 aromatic heterocycles. The number of hydrogen-bond acceptors (Lipinski definition) is 4. The second kappa shape index (κ2) is 3.62. The highest BCUT2D eigenvalue weighted by molar-refractivity contribution is 7.99. The molecule has 4 nitrogen and oxygen atoms in total. The van der Waals surface area contributed by atoms with Gasteiger partial charge in [-0.25, -0.2) is 0 Å². The average molecular weight is 244 g/mol. The Labute approximate surface area is 91.4 Å². The average Bonchev–Trinajstić information content (AvgIpc) is 2.16. The maximum atomic E-state index is 11.5. The Bertz CT molecular complexity index is 519. The highest BCUT2D eigenvalue weighted by atomic mass is 32.2. The first kappa shape index (κ1) is 10.7. The Hall–Kier alpha value is -0.850. The van der Waals surface area contributed by atoms with Crippen molar-refractivity contribution in [2.45, 2.75) is 16.2 Å². The zero-order valence-corrected chi connectivity index (χ0v) is 9.27. The summed E-state index contributed by atoms with van der Waals surface area (Å²) < 4.78 is 30.6. The maximum Gasteiger partial charge on any atom is 0.294 e. The number of benzene rings is 1. The van der Waals surface area contributed by atoms with Crippen molar-refractivity contribution in [3.63, 3.8) is 0 Å². The van der Waals surface area contributed by atoms with E-state index in [1.54, 1.807) is 6.07 Å². The summed E-state index contributed by atoms with van der Waals surface area (Å²) in [6, 6.07) is 4.10. The molecule has 15 heavy (non-hydrogen) atoms. The molecule has 0 spiro atoms. The fourth-order valence-electron chi connectivity index (χ4n) is 1.40. The van der Waals surface area contributed by atoms with Crippen LogP contribution in [-0.2, 0) is 10.1 Å². The highest BCUT2D eigenvalue weighted by Gasteiger charge is 2.20. The van der Waals surface area contributed by atoms with Crippen LogP contribution in [0.1, 0.15) is 16.8 Å². The number of rotatable bonds is 1. The van der Waals surface area contributed by atoms with Gasteiger partial charge >= 0.3 is 0 Å². The summed E-state index contributed by atoms with van der Waals surface area (Å²) in [6.45, 7) is 0. The molecule has 0 unspecified atom stereocenters. The van der Waals surface area contributed by atoms with Gasteiger partial charge in [-0.15, -0.1) is 11.8 Å². The van der Waals surface area contributed by atoms with Gasteiger partial charge in [-0.3, -0.25) is 9.35 Å². The second-order valence-electron chi connectivity index (χ2n) is 3.15. The van der Waals surface area contributed by atoms with Gasteiger partial charge in [0.05, 0.1) is 4.90 Å². The molecule has 1 heterocycles. The molecule has 0 radical (unpaired) electrons. The van der Waals surface area contributed by atoms with Crippen LogP contribution in [0.4, 0.5) is 0 Å². The highest BCUT2D eigenvalue weighted by Crippen LogP contribution is 2.31. The van der Waals surface area contributed by atoms with E-state index in [-0.39, 0.29) is 10.7 Å². The molecule has 0 saturated carbocycles. The number of ketones is 1. The predicted molar refractivity (Wildman–Crippen MR) is 55.9 cm³/mol. The minimum Gasteiger partial charge on any atom is -0.294 e. The fraction of sp³-hybridized carbons (Fsp3) is 0.222. The number of Topliss-reactive ketones (excluding diaryl/α,β-unsaturated/α-hetero) is 1. The third-order valence-electron chi connectivity index (χ3n) is 2.14. The van der Waals surface area contributed by atoms with Gasteiger partial charge in [0, 0.05) is 22.6 Å². The van der Waals surface area contributed by atoms with Crippen LogP contribution in [0.5, 0.6) is 0 Å². The Morgan fingerprint density at radius 1 is 1.33 bits per heavy atom. The van der Waals surface area contributed by atoms with E-state index in [9.17, 15) is 13.2 Å². The molecule has 1 aromatic rings. The van der Waals surface area contributed by atoms with Gasteiger partial charge in [0.1, 0.15) is 0 Å². The summed E-state index contributed by atoms with van der Waals surface area (Å²) in [5, 5.41) is 0. The van der Waals surface area contributed by atoms with Crippen LogP contribution < -0.4 is 0 Å². The smallest absolute Gasteiger partial charge is 0.294 e. The first-order chi connectivity index (χ1) is 6.98. The number of carbonyl (C=O) groups excluding carboxylic acids is 1. The molecule has 0 amide bonds. The lowest BCUT2D eigenvalue weighted by molar-refractivity contribution is 0.0984. The van der Waals surface area contributed by atoms with Crippen LogP contribution in [0.15, 0.2) is 28.0 Å². The van der Waals surface area contributed by atoms with E-state index < -0.39 is 10.1 Å². The molecule has 0 aliphatic carbocycles. The lowest BCUT2D eigenvalue weighted by Crippen LogP contribution is -2.09. The molecule has 1 aliphatic rings. The first-order valence-corrected chi connectivity index (χ1v) is 6.68. The monoisotopic (exact) mass is 244 g/mol. The summed E-state index contributed by atoms with van der Waals surface area (Å²) in [5.74, 6) is 0.645. The minimum atomic E-state index is -4.22. The van der Waals surface area contributed by atoms with E-state index in [0.29, 0.717) is 12.0 Å². The van der Waals surface area contributed by atoms with Crippen LogP contribution >= 0.6 is 11.8 Å². The van der Waals surface area contributed by atoms with E-state index in [1.165, 1.54) is 23.9 Å². The SMILES string of the molecule is O=C1CCSc2ccc(S(=O)(=O)O)cc21. The molecule has 0 saturated heterocycles. The summed E-state index contributed by atoms with van der Waals surface area (Å²) in [6.07, 6.45) is 0.409. The van der Waals surface area contributed by atoms with E-state index in [0.717, 1.165) is 10.6 Å². The predicted octanol–water partition coefficient (Wildman–Crippen LogP) is 1.61. The van der Waals surface area contributed by atoms with Gasteiger partial charge < -0.3 is 0 Å². The zero-order chi connectivity index (χ0) is 11.1. The van der Waals surface area contributed by atoms with Crippen molar-refractivity contribution in [1.29, 1.82) is 0 Å². The van der Waals surface area contributed by atoms with Gasteiger partial charge in [-0.2, -0.15) is 8.42 Å². The minimum absolute atomic E-state index is 0.0748. The molecule has 2 rings (SSSR count). The molecule has 0 fully saturated rings. The number of fused-ring (bicyclic) bond motifs is 1. The largest absolute Gasteiger partial charge is 0.294 e. The number of hydrogen-bond donors (Lipinski definition) is 1. The van der Waals surface area contributed by atoms with Gasteiger partial charge in [-0.1, -0.05) is 0 Å². The molecule has 1 aliphatic heterocycles. The van der Waals surface area contributed by atoms with Gasteiger partial charge in [0.2, 0.25) is 0 Å². The summed E-state index contributed by atoms with van der Waals surface area (Å²) in [5.41, 5.74) is 0.390. The molecule has 0 atom stereocenters. The van der Waals surface area contributed by atoms with Crippen LogP contribution in [0.2, 0.25) is 0 Å². The normalized spacial score (nSPS) is 16.2. The van der Waals surface area contributed by atoms with Crippen molar-refractivity contribution < 1.29 is 17.8 Å². The molecule has 1 aromatic carbocycles. The van der Waals surface area contributed by atoms with E-state index in [1.807, 2.05) is 0 Å². The van der Waals surface area contributed by atoms with Gasteiger partial charge in [0.25, 0.3) is 10.1 Å². The van der Waals surface area contributed by atoms with Crippen LogP contribution in [0.25, 0.3) is 0 Å². The number of thioether (sulfide) groups is 1. The van der Waals surface area contributed by atoms with E-state index >= 15 is 0 Å². The van der Waals surface area contributed by atoms with Crippen LogP contribution in [0.3, 0.4) is 0 Å². The summed E-state index contributed by atoms with van der Waals surface area (Å²) in [7, 11) is -4.22. The lowest BCUT2D eigenvalue weighted by Gasteiger charge is -2.14. The van der Waals surface area contributed by atoms with Crippen molar-refractivity contribution in [2.24, 2.45) is 0 Å². The lowest BCUT2D eigenvalue weighted by atomic mass is 10.1. The van der Waals surface area contributed by atoms with Crippen LogP contribution in [0, 0.1) is 0 Å². The topological polar surface area (TPSA) is 71.4 Å². The van der Waals surface area contributed by atoms with E-state index in [2.05, 4.69) is 0 Å². The van der Waals surface area contributed by atoms with Crippen LogP contribution in [-0.4, -0.2) is 24.5 Å². The van der Waals surface area contributed by atoms with Crippen molar-refractivity contribution in [3.05, 3.63) is 23.8 Å². The van der Waals surface area contributed by atoms with Crippen molar-refractivity contribution in [2.75, 3.05) is 5.75 Å². The number of carbonyl (C=O) groups is 1. The molecule has 80 valence electrons. The summed E-state index contributed by atoms with van der Waals surface area (Å²) in [4.78, 5) is 12.0. The first-order valence-electron chi connectivity index (χ1n) is 4.26. The molecule has 1 N–H and O–H groups in total. The third kappa shape index (κ3) is 2.06. The molecular weight excluding hydrogens is 236 g/mol. The molecule has 0 bridgehead atoms. The maximum absolute atomic E-state index is 11.5. The van der Waals surface area contributed by atoms with Crippen molar-refractivity contribution in [3.8, 4) is 0 Å². The van der Waals surface area contributed by atoms with Crippen molar-refractivity contribution in [1.82, 2.24) is 0 Å². The Balaban J connectivity index is 2.58. The Morgan fingerprint density at radius 3 is 2.73 bits per heavy atom. The zero-order valence-electron chi connectivity index (χ0n) is 7.63. The second-order valence-corrected chi connectivity index (χ2v) is 5.71. The Kier molecular flexibility index (Phi) is 2.57. The molecular formula is C9H8O4S2. The molecule has 6 heteroatoms.